The molecule has 2 heterocycles. The molecule has 196 valence electrons. The molecule has 2 aliphatic rings. The SMILES string of the molecule is Cc1ccccc1-c1cc2c(c(OC3CCOC3)c1)OCCN(S(=O)(=O)c1ccccc1C(F)(F)F)C2. The van der Waals surface area contributed by atoms with Crippen LogP contribution in [0.3, 0.4) is 0 Å². The van der Waals surface area contributed by atoms with Gasteiger partial charge in [0.2, 0.25) is 10.0 Å². The molecule has 3 aromatic carbocycles. The summed E-state index contributed by atoms with van der Waals surface area (Å²) in [6.45, 7) is 2.65. The van der Waals surface area contributed by atoms with Crippen LogP contribution in [-0.2, 0) is 27.5 Å². The van der Waals surface area contributed by atoms with E-state index in [1.807, 2.05) is 43.3 Å². The molecule has 0 radical (unpaired) electrons. The summed E-state index contributed by atoms with van der Waals surface area (Å²) >= 11 is 0. The smallest absolute Gasteiger partial charge is 0.417 e. The second kappa shape index (κ2) is 10.00. The molecule has 3 aromatic rings. The lowest BCUT2D eigenvalue weighted by Gasteiger charge is -2.22. The van der Waals surface area contributed by atoms with Crippen molar-refractivity contribution in [2.24, 2.45) is 0 Å². The lowest BCUT2D eigenvalue weighted by Crippen LogP contribution is -2.33. The zero-order valence-corrected chi connectivity index (χ0v) is 20.9. The van der Waals surface area contributed by atoms with Crippen molar-refractivity contribution in [3.05, 3.63) is 77.4 Å². The first kappa shape index (κ1) is 25.6. The Morgan fingerprint density at radius 2 is 1.78 bits per heavy atom. The van der Waals surface area contributed by atoms with Gasteiger partial charge < -0.3 is 14.2 Å². The fourth-order valence-corrected chi connectivity index (χ4v) is 6.27. The second-order valence-electron chi connectivity index (χ2n) is 9.06. The third-order valence-corrected chi connectivity index (χ3v) is 8.42. The van der Waals surface area contributed by atoms with Crippen LogP contribution in [-0.4, -0.2) is 45.2 Å². The number of sulfonamides is 1. The van der Waals surface area contributed by atoms with E-state index in [0.29, 0.717) is 36.7 Å². The van der Waals surface area contributed by atoms with Gasteiger partial charge in [0.05, 0.1) is 23.7 Å². The summed E-state index contributed by atoms with van der Waals surface area (Å²) in [5.74, 6) is 0.854. The normalized spacial score (nSPS) is 18.6. The summed E-state index contributed by atoms with van der Waals surface area (Å²) in [5, 5.41) is 0. The quantitative estimate of drug-likeness (QED) is 0.438. The minimum Gasteiger partial charge on any atom is -0.488 e. The van der Waals surface area contributed by atoms with E-state index in [2.05, 4.69) is 0 Å². The van der Waals surface area contributed by atoms with E-state index < -0.39 is 26.7 Å². The second-order valence-corrected chi connectivity index (χ2v) is 11.0. The lowest BCUT2D eigenvalue weighted by atomic mass is 9.98. The Hall–Kier alpha value is -3.08. The van der Waals surface area contributed by atoms with Crippen molar-refractivity contribution in [2.45, 2.75) is 37.1 Å². The van der Waals surface area contributed by atoms with Crippen LogP contribution in [0.2, 0.25) is 0 Å². The molecule has 0 amide bonds. The fourth-order valence-electron chi connectivity index (χ4n) is 4.66. The molecule has 6 nitrogen and oxygen atoms in total. The molecule has 37 heavy (non-hydrogen) atoms. The van der Waals surface area contributed by atoms with Gasteiger partial charge in [0.25, 0.3) is 0 Å². The van der Waals surface area contributed by atoms with Crippen LogP contribution in [0.1, 0.15) is 23.1 Å². The molecule has 1 saturated heterocycles. The first-order valence-electron chi connectivity index (χ1n) is 11.9. The number of hydrogen-bond acceptors (Lipinski definition) is 5. The Kier molecular flexibility index (Phi) is 6.91. The molecule has 0 aromatic heterocycles. The van der Waals surface area contributed by atoms with Crippen LogP contribution >= 0.6 is 0 Å². The van der Waals surface area contributed by atoms with Crippen molar-refractivity contribution in [3.63, 3.8) is 0 Å². The topological polar surface area (TPSA) is 65.1 Å². The van der Waals surface area contributed by atoms with Crippen molar-refractivity contribution in [1.29, 1.82) is 0 Å². The van der Waals surface area contributed by atoms with Crippen molar-refractivity contribution in [2.75, 3.05) is 26.4 Å². The molecule has 1 unspecified atom stereocenters. The summed E-state index contributed by atoms with van der Waals surface area (Å²) in [7, 11) is -4.49. The van der Waals surface area contributed by atoms with Crippen molar-refractivity contribution in [1.82, 2.24) is 4.31 Å². The van der Waals surface area contributed by atoms with Crippen LogP contribution in [0.15, 0.2) is 65.6 Å². The number of aryl methyl sites for hydroxylation is 1. The van der Waals surface area contributed by atoms with E-state index in [4.69, 9.17) is 14.2 Å². The molecule has 0 bridgehead atoms. The number of nitrogens with zero attached hydrogens (tertiary/aromatic N) is 1. The highest BCUT2D eigenvalue weighted by atomic mass is 32.2. The first-order valence-corrected chi connectivity index (χ1v) is 13.3. The Morgan fingerprint density at radius 1 is 1.03 bits per heavy atom. The van der Waals surface area contributed by atoms with E-state index >= 15 is 0 Å². The van der Waals surface area contributed by atoms with Gasteiger partial charge in [-0.15, -0.1) is 0 Å². The molecule has 10 heteroatoms. The average molecular weight is 534 g/mol. The van der Waals surface area contributed by atoms with Crippen molar-refractivity contribution in [3.8, 4) is 22.6 Å². The van der Waals surface area contributed by atoms with E-state index in [9.17, 15) is 21.6 Å². The maximum absolute atomic E-state index is 13.7. The van der Waals surface area contributed by atoms with Gasteiger partial charge >= 0.3 is 6.18 Å². The molecule has 0 spiro atoms. The predicted molar refractivity (Wildman–Crippen MR) is 131 cm³/mol. The zero-order chi connectivity index (χ0) is 26.2. The Bertz CT molecular complexity index is 1400. The van der Waals surface area contributed by atoms with Gasteiger partial charge in [-0.25, -0.2) is 8.42 Å². The lowest BCUT2D eigenvalue weighted by molar-refractivity contribution is -0.139. The Balaban J connectivity index is 1.59. The summed E-state index contributed by atoms with van der Waals surface area (Å²) in [5.41, 5.74) is 2.05. The summed E-state index contributed by atoms with van der Waals surface area (Å²) in [4.78, 5) is -0.777. The number of halogens is 3. The predicted octanol–water partition coefficient (Wildman–Crippen LogP) is 5.43. The molecule has 0 saturated carbocycles. The molecule has 2 aliphatic heterocycles. The largest absolute Gasteiger partial charge is 0.488 e. The van der Waals surface area contributed by atoms with Crippen LogP contribution in [0.5, 0.6) is 11.5 Å². The van der Waals surface area contributed by atoms with Crippen LogP contribution in [0, 0.1) is 6.92 Å². The molecule has 1 fully saturated rings. The zero-order valence-electron chi connectivity index (χ0n) is 20.1. The number of fused-ring (bicyclic) bond motifs is 1. The fraction of sp³-hybridized carbons (Fsp3) is 0.333. The minimum absolute atomic E-state index is 0.0400. The molecular weight excluding hydrogens is 507 g/mol. The van der Waals surface area contributed by atoms with Crippen LogP contribution < -0.4 is 9.47 Å². The maximum atomic E-state index is 13.7. The van der Waals surface area contributed by atoms with Gasteiger partial charge in [0.1, 0.15) is 12.7 Å². The van der Waals surface area contributed by atoms with E-state index in [1.54, 1.807) is 0 Å². The minimum atomic E-state index is -4.81. The maximum Gasteiger partial charge on any atom is 0.417 e. The van der Waals surface area contributed by atoms with Crippen molar-refractivity contribution < 1.29 is 35.8 Å². The number of hydrogen-bond donors (Lipinski definition) is 0. The Morgan fingerprint density at radius 3 is 2.51 bits per heavy atom. The molecule has 0 aliphatic carbocycles. The van der Waals surface area contributed by atoms with Gasteiger partial charge in [-0.1, -0.05) is 36.4 Å². The summed E-state index contributed by atoms with van der Waals surface area (Å²) in [6, 6.07) is 15.7. The summed E-state index contributed by atoms with van der Waals surface area (Å²) in [6.07, 6.45) is -4.29. The third kappa shape index (κ3) is 5.18. The summed E-state index contributed by atoms with van der Waals surface area (Å²) < 4.78 is 86.7. The van der Waals surface area contributed by atoms with Crippen molar-refractivity contribution >= 4 is 10.0 Å². The van der Waals surface area contributed by atoms with Gasteiger partial charge in [-0.2, -0.15) is 17.5 Å². The molecule has 5 rings (SSSR count). The van der Waals surface area contributed by atoms with Gasteiger partial charge in [0.15, 0.2) is 11.5 Å². The van der Waals surface area contributed by atoms with E-state index in [0.717, 1.165) is 33.1 Å². The van der Waals surface area contributed by atoms with E-state index in [-0.39, 0.29) is 25.8 Å². The number of rotatable bonds is 5. The molecule has 1 atom stereocenters. The Labute approximate surface area is 213 Å². The third-order valence-electron chi connectivity index (χ3n) is 6.51. The highest BCUT2D eigenvalue weighted by molar-refractivity contribution is 7.89. The number of alkyl halides is 3. The molecule has 0 N–H and O–H groups in total. The monoisotopic (exact) mass is 533 g/mol. The van der Waals surface area contributed by atoms with E-state index in [1.165, 1.54) is 12.1 Å². The van der Waals surface area contributed by atoms with Gasteiger partial charge in [-0.05, 0) is 47.9 Å². The highest BCUT2D eigenvalue weighted by Gasteiger charge is 2.39. The first-order chi connectivity index (χ1) is 17.6. The highest BCUT2D eigenvalue weighted by Crippen LogP contribution is 2.42. The standard InChI is InChI=1S/C27H26F3NO5S/c1-18-6-2-3-7-22(18)19-14-20-16-31(37(32,33)25-9-5-4-8-23(25)27(28,29)30)11-13-35-26(20)24(15-19)36-21-10-12-34-17-21/h2-9,14-15,21H,10-13,16-17H2,1H3. The van der Waals surface area contributed by atoms with Crippen LogP contribution in [0.25, 0.3) is 11.1 Å². The van der Waals surface area contributed by atoms with Crippen LogP contribution in [0.4, 0.5) is 13.2 Å². The molecular formula is C27H26F3NO5S. The number of ether oxygens (including phenoxy) is 3. The van der Waals surface area contributed by atoms with Gasteiger partial charge in [-0.3, -0.25) is 0 Å². The van der Waals surface area contributed by atoms with Gasteiger partial charge in [0, 0.05) is 25.1 Å². The number of benzene rings is 3. The average Bonchev–Trinajstić information content (AvgIpc) is 3.27.